The Bertz CT molecular complexity index is 996. The summed E-state index contributed by atoms with van der Waals surface area (Å²) in [6, 6.07) is 14.7. The molecule has 0 saturated carbocycles. The van der Waals surface area contributed by atoms with E-state index in [1.54, 1.807) is 28.6 Å². The van der Waals surface area contributed by atoms with E-state index in [9.17, 15) is 13.2 Å². The van der Waals surface area contributed by atoms with Crippen molar-refractivity contribution < 1.29 is 17.9 Å². The summed E-state index contributed by atoms with van der Waals surface area (Å²) in [5, 5.41) is 3.03. The number of aryl methyl sites for hydroxylation is 1. The molecule has 1 N–H and O–H groups in total. The van der Waals surface area contributed by atoms with Gasteiger partial charge in [0.15, 0.2) is 0 Å². The van der Waals surface area contributed by atoms with E-state index in [1.807, 2.05) is 24.3 Å². The highest BCUT2D eigenvalue weighted by Gasteiger charge is 2.26. The van der Waals surface area contributed by atoms with Crippen molar-refractivity contribution in [3.8, 4) is 0 Å². The van der Waals surface area contributed by atoms with E-state index in [0.717, 1.165) is 42.9 Å². The summed E-state index contributed by atoms with van der Waals surface area (Å²) >= 11 is 0. The topological polar surface area (TPSA) is 79.0 Å². The molecule has 2 heterocycles. The molecule has 0 unspecified atom stereocenters. The molecular formula is C23H29N3O4S. The first-order valence-corrected chi connectivity index (χ1v) is 12.3. The maximum absolute atomic E-state index is 12.6. The van der Waals surface area contributed by atoms with E-state index in [1.165, 1.54) is 0 Å². The number of amides is 1. The van der Waals surface area contributed by atoms with Crippen LogP contribution in [0.3, 0.4) is 0 Å². The van der Waals surface area contributed by atoms with Crippen LogP contribution in [-0.2, 0) is 26.0 Å². The lowest BCUT2D eigenvalue weighted by Gasteiger charge is -2.30. The van der Waals surface area contributed by atoms with Gasteiger partial charge in [-0.25, -0.2) is 8.42 Å². The van der Waals surface area contributed by atoms with Gasteiger partial charge in [-0.15, -0.1) is 0 Å². The van der Waals surface area contributed by atoms with Crippen LogP contribution in [0.25, 0.3) is 0 Å². The molecule has 0 bridgehead atoms. The fourth-order valence-corrected chi connectivity index (χ4v) is 5.55. The van der Waals surface area contributed by atoms with Gasteiger partial charge in [0.25, 0.3) is 0 Å². The smallest absolute Gasteiger partial charge is 0.243 e. The Hall–Kier alpha value is -2.42. The Morgan fingerprint density at radius 1 is 0.935 bits per heavy atom. The van der Waals surface area contributed by atoms with E-state index in [-0.39, 0.29) is 5.91 Å². The molecule has 2 aromatic rings. The van der Waals surface area contributed by atoms with Gasteiger partial charge in [-0.1, -0.05) is 24.3 Å². The van der Waals surface area contributed by atoms with E-state index in [2.05, 4.69) is 10.2 Å². The van der Waals surface area contributed by atoms with Crippen LogP contribution >= 0.6 is 0 Å². The van der Waals surface area contributed by atoms with Gasteiger partial charge in [0.05, 0.1) is 29.5 Å². The number of benzene rings is 2. The predicted molar refractivity (Wildman–Crippen MR) is 121 cm³/mol. The molecular weight excluding hydrogens is 414 g/mol. The van der Waals surface area contributed by atoms with Gasteiger partial charge in [0.1, 0.15) is 0 Å². The molecule has 2 aliphatic rings. The highest BCUT2D eigenvalue weighted by molar-refractivity contribution is 7.89. The number of ether oxygens (including phenoxy) is 1. The minimum absolute atomic E-state index is 0.0607. The number of hydrogen-bond acceptors (Lipinski definition) is 5. The van der Waals surface area contributed by atoms with Gasteiger partial charge in [0, 0.05) is 32.6 Å². The quantitative estimate of drug-likeness (QED) is 0.712. The Morgan fingerprint density at radius 3 is 2.32 bits per heavy atom. The first-order chi connectivity index (χ1) is 15.0. The number of carbonyl (C=O) groups excluding carboxylic acids is 1. The standard InChI is InChI=1S/C23H29N3O4S/c27-23(24-21-5-1-2-6-22(21)25-15-17-30-18-16-25)12-9-19-7-10-20(11-8-19)31(28,29)26-13-3-4-14-26/h1-2,5-8,10-11H,3-4,9,12-18H2,(H,24,27). The summed E-state index contributed by atoms with van der Waals surface area (Å²) in [7, 11) is -3.40. The molecule has 1 amide bonds. The predicted octanol–water partition coefficient (Wildman–Crippen LogP) is 2.88. The van der Waals surface area contributed by atoms with E-state index >= 15 is 0 Å². The Morgan fingerprint density at radius 2 is 1.61 bits per heavy atom. The molecule has 0 spiro atoms. The van der Waals surface area contributed by atoms with Crippen molar-refractivity contribution in [1.82, 2.24) is 4.31 Å². The van der Waals surface area contributed by atoms with Crippen LogP contribution in [0.4, 0.5) is 11.4 Å². The Balaban J connectivity index is 1.34. The first kappa shape index (κ1) is 21.8. The van der Waals surface area contributed by atoms with Crippen LogP contribution in [0.2, 0.25) is 0 Å². The zero-order valence-corrected chi connectivity index (χ0v) is 18.4. The number of hydrogen-bond donors (Lipinski definition) is 1. The monoisotopic (exact) mass is 443 g/mol. The molecule has 0 radical (unpaired) electrons. The van der Waals surface area contributed by atoms with E-state index < -0.39 is 10.0 Å². The van der Waals surface area contributed by atoms with E-state index in [4.69, 9.17) is 4.74 Å². The van der Waals surface area contributed by atoms with Gasteiger partial charge in [-0.05, 0) is 49.1 Å². The van der Waals surface area contributed by atoms with Crippen LogP contribution in [0.15, 0.2) is 53.4 Å². The molecule has 2 aromatic carbocycles. The Labute approximate surface area is 184 Å². The second-order valence-corrected chi connectivity index (χ2v) is 9.86. The summed E-state index contributed by atoms with van der Waals surface area (Å²) in [6.07, 6.45) is 2.72. The molecule has 2 saturated heterocycles. The molecule has 2 fully saturated rings. The van der Waals surface area contributed by atoms with Crippen molar-refractivity contribution in [2.24, 2.45) is 0 Å². The second kappa shape index (κ2) is 9.80. The van der Waals surface area contributed by atoms with Crippen molar-refractivity contribution in [2.75, 3.05) is 49.6 Å². The Kier molecular flexibility index (Phi) is 6.89. The number of anilines is 2. The fraction of sp³-hybridized carbons (Fsp3) is 0.435. The molecule has 2 aliphatic heterocycles. The van der Waals surface area contributed by atoms with Crippen molar-refractivity contribution >= 4 is 27.3 Å². The van der Waals surface area contributed by atoms with Crippen LogP contribution in [0.1, 0.15) is 24.8 Å². The highest BCUT2D eigenvalue weighted by atomic mass is 32.2. The second-order valence-electron chi connectivity index (χ2n) is 7.92. The molecule has 8 heteroatoms. The summed E-state index contributed by atoms with van der Waals surface area (Å²) in [4.78, 5) is 15.1. The third-order valence-corrected chi connectivity index (χ3v) is 7.71. The van der Waals surface area contributed by atoms with Crippen LogP contribution < -0.4 is 10.2 Å². The number of carbonyl (C=O) groups is 1. The van der Waals surface area contributed by atoms with Gasteiger partial charge >= 0.3 is 0 Å². The molecule has 31 heavy (non-hydrogen) atoms. The van der Waals surface area contributed by atoms with Crippen molar-refractivity contribution in [3.63, 3.8) is 0 Å². The lowest BCUT2D eigenvalue weighted by Crippen LogP contribution is -2.36. The summed E-state index contributed by atoms with van der Waals surface area (Å²) in [5.74, 6) is -0.0607. The van der Waals surface area contributed by atoms with Crippen molar-refractivity contribution in [1.29, 1.82) is 0 Å². The number of nitrogens with zero attached hydrogens (tertiary/aromatic N) is 2. The number of morpholine rings is 1. The molecule has 0 aromatic heterocycles. The summed E-state index contributed by atoms with van der Waals surface area (Å²) in [6.45, 7) is 4.17. The minimum Gasteiger partial charge on any atom is -0.378 e. The average molecular weight is 444 g/mol. The summed E-state index contributed by atoms with van der Waals surface area (Å²) in [5.41, 5.74) is 2.76. The summed E-state index contributed by atoms with van der Waals surface area (Å²) < 4.78 is 32.2. The largest absolute Gasteiger partial charge is 0.378 e. The van der Waals surface area contributed by atoms with Gasteiger partial charge in [0.2, 0.25) is 15.9 Å². The normalized spacial score (nSPS) is 17.6. The molecule has 7 nitrogen and oxygen atoms in total. The third-order valence-electron chi connectivity index (χ3n) is 5.80. The van der Waals surface area contributed by atoms with Crippen LogP contribution in [0.5, 0.6) is 0 Å². The van der Waals surface area contributed by atoms with Crippen LogP contribution in [0, 0.1) is 0 Å². The number of sulfonamides is 1. The van der Waals surface area contributed by atoms with Gasteiger partial charge in [-0.2, -0.15) is 4.31 Å². The van der Waals surface area contributed by atoms with E-state index in [0.29, 0.717) is 44.0 Å². The highest BCUT2D eigenvalue weighted by Crippen LogP contribution is 2.27. The number of para-hydroxylation sites is 2. The molecule has 166 valence electrons. The number of rotatable bonds is 7. The molecule has 4 rings (SSSR count). The maximum Gasteiger partial charge on any atom is 0.243 e. The minimum atomic E-state index is -3.40. The SMILES string of the molecule is O=C(CCc1ccc(S(=O)(=O)N2CCCC2)cc1)Nc1ccccc1N1CCOCC1. The van der Waals surface area contributed by atoms with Crippen LogP contribution in [-0.4, -0.2) is 58.0 Å². The zero-order valence-electron chi connectivity index (χ0n) is 17.6. The maximum atomic E-state index is 12.6. The fourth-order valence-electron chi connectivity index (χ4n) is 4.04. The number of nitrogens with one attached hydrogen (secondary N) is 1. The molecule has 0 atom stereocenters. The average Bonchev–Trinajstić information content (AvgIpc) is 3.35. The lowest BCUT2D eigenvalue weighted by atomic mass is 10.1. The first-order valence-electron chi connectivity index (χ1n) is 10.8. The van der Waals surface area contributed by atoms with Gasteiger partial charge < -0.3 is 15.0 Å². The molecule has 0 aliphatic carbocycles. The third kappa shape index (κ3) is 5.26. The van der Waals surface area contributed by atoms with Crippen molar-refractivity contribution in [2.45, 2.75) is 30.6 Å². The van der Waals surface area contributed by atoms with Crippen molar-refractivity contribution in [3.05, 3.63) is 54.1 Å². The van der Waals surface area contributed by atoms with Gasteiger partial charge in [-0.3, -0.25) is 4.79 Å². The lowest BCUT2D eigenvalue weighted by molar-refractivity contribution is -0.116. The zero-order chi connectivity index (χ0) is 21.7.